The van der Waals surface area contributed by atoms with Crippen molar-refractivity contribution in [1.82, 2.24) is 10.6 Å². The quantitative estimate of drug-likeness (QED) is 0.699. The molecule has 0 aromatic carbocycles. The zero-order valence-corrected chi connectivity index (χ0v) is 9.82. The van der Waals surface area contributed by atoms with E-state index in [0.717, 1.165) is 13.2 Å². The number of piperidine rings is 1. The molecule has 84 valence electrons. The highest BCUT2D eigenvalue weighted by atomic mass is 35.5. The summed E-state index contributed by atoms with van der Waals surface area (Å²) in [6, 6.07) is 0.524. The average Bonchev–Trinajstić information content (AvgIpc) is 2.48. The zero-order chi connectivity index (χ0) is 9.31. The maximum atomic E-state index is 5.73. The van der Waals surface area contributed by atoms with E-state index in [4.69, 9.17) is 4.74 Å². The molecule has 0 radical (unpaired) electrons. The molecule has 2 aliphatic rings. The van der Waals surface area contributed by atoms with E-state index < -0.39 is 0 Å². The van der Waals surface area contributed by atoms with E-state index in [-0.39, 0.29) is 24.2 Å². The number of hydrogen-bond donors (Lipinski definition) is 2. The Morgan fingerprint density at radius 2 is 2.07 bits per heavy atom. The predicted octanol–water partition coefficient (Wildman–Crippen LogP) is 1.27. The van der Waals surface area contributed by atoms with Crippen molar-refractivity contribution in [2.45, 2.75) is 50.9 Å². The van der Waals surface area contributed by atoms with Gasteiger partial charge in [-0.1, -0.05) is 6.42 Å². The lowest BCUT2D eigenvalue weighted by Gasteiger charge is -2.29. The summed E-state index contributed by atoms with van der Waals surface area (Å²) in [6.45, 7) is 6.36. The second kappa shape index (κ2) is 4.79. The Balaban J connectivity index is 0.000000980. The van der Waals surface area contributed by atoms with Crippen molar-refractivity contribution in [3.63, 3.8) is 0 Å². The smallest absolute Gasteiger partial charge is 0.124 e. The first-order valence-corrected chi connectivity index (χ1v) is 5.30. The molecular weight excluding hydrogens is 200 g/mol. The van der Waals surface area contributed by atoms with Gasteiger partial charge in [0.05, 0.1) is 6.61 Å². The van der Waals surface area contributed by atoms with Crippen LogP contribution in [0.2, 0.25) is 0 Å². The highest BCUT2D eigenvalue weighted by Crippen LogP contribution is 2.20. The minimum absolute atomic E-state index is 0. The van der Waals surface area contributed by atoms with Crippen LogP contribution in [0.3, 0.4) is 0 Å². The van der Waals surface area contributed by atoms with Crippen LogP contribution in [0.4, 0.5) is 0 Å². The van der Waals surface area contributed by atoms with Crippen LogP contribution in [0, 0.1) is 0 Å². The fraction of sp³-hybridized carbons (Fsp3) is 1.00. The third-order valence-corrected chi connectivity index (χ3v) is 2.87. The van der Waals surface area contributed by atoms with Gasteiger partial charge in [0.1, 0.15) is 6.23 Å². The molecule has 0 bridgehead atoms. The second-order valence-corrected chi connectivity index (χ2v) is 4.82. The molecule has 2 aliphatic heterocycles. The van der Waals surface area contributed by atoms with E-state index >= 15 is 0 Å². The molecule has 0 amide bonds. The van der Waals surface area contributed by atoms with Gasteiger partial charge in [0.2, 0.25) is 0 Å². The molecule has 0 spiro atoms. The summed E-state index contributed by atoms with van der Waals surface area (Å²) < 4.78 is 5.73. The third-order valence-electron chi connectivity index (χ3n) is 2.87. The van der Waals surface area contributed by atoms with Crippen molar-refractivity contribution in [3.05, 3.63) is 0 Å². The molecule has 2 unspecified atom stereocenters. The molecule has 2 atom stereocenters. The fourth-order valence-electron chi connectivity index (χ4n) is 2.12. The predicted molar refractivity (Wildman–Crippen MR) is 59.8 cm³/mol. The first kappa shape index (κ1) is 12.2. The van der Waals surface area contributed by atoms with Gasteiger partial charge in [0.15, 0.2) is 0 Å². The Kier molecular flexibility index (Phi) is 4.19. The van der Waals surface area contributed by atoms with Gasteiger partial charge < -0.3 is 10.1 Å². The summed E-state index contributed by atoms with van der Waals surface area (Å²) >= 11 is 0. The van der Waals surface area contributed by atoms with Crippen LogP contribution in [0.25, 0.3) is 0 Å². The largest absolute Gasteiger partial charge is 0.360 e. The molecule has 2 rings (SSSR count). The van der Waals surface area contributed by atoms with Crippen molar-refractivity contribution < 1.29 is 4.74 Å². The number of rotatable bonds is 1. The lowest BCUT2D eigenvalue weighted by Crippen LogP contribution is -2.51. The standard InChI is InChI=1S/C10H20N2O.ClH/c1-10(2)7-13-9(12-10)8-5-3-4-6-11-8;/h8-9,11-12H,3-7H2,1-2H3;1H. The number of ether oxygens (including phenoxy) is 1. The van der Waals surface area contributed by atoms with Crippen LogP contribution in [0.15, 0.2) is 0 Å². The minimum Gasteiger partial charge on any atom is -0.360 e. The van der Waals surface area contributed by atoms with Crippen LogP contribution in [-0.4, -0.2) is 31.0 Å². The van der Waals surface area contributed by atoms with Crippen molar-refractivity contribution in [2.24, 2.45) is 0 Å². The van der Waals surface area contributed by atoms with Crippen LogP contribution >= 0.6 is 12.4 Å². The van der Waals surface area contributed by atoms with Gasteiger partial charge in [-0.05, 0) is 33.2 Å². The van der Waals surface area contributed by atoms with Crippen molar-refractivity contribution in [2.75, 3.05) is 13.2 Å². The molecule has 2 N–H and O–H groups in total. The SMILES string of the molecule is CC1(C)COC(C2CCCCN2)N1.Cl. The molecule has 0 aliphatic carbocycles. The van der Waals surface area contributed by atoms with Crippen molar-refractivity contribution in [3.8, 4) is 0 Å². The third kappa shape index (κ3) is 2.83. The average molecular weight is 221 g/mol. The van der Waals surface area contributed by atoms with Gasteiger partial charge in [-0.25, -0.2) is 0 Å². The Hall–Kier alpha value is 0.170. The van der Waals surface area contributed by atoms with Crippen LogP contribution in [-0.2, 0) is 4.74 Å². The summed E-state index contributed by atoms with van der Waals surface area (Å²) in [5.41, 5.74) is 0.157. The van der Waals surface area contributed by atoms with Crippen LogP contribution in [0.5, 0.6) is 0 Å². The molecule has 0 aromatic heterocycles. The maximum Gasteiger partial charge on any atom is 0.124 e. The second-order valence-electron chi connectivity index (χ2n) is 4.82. The van der Waals surface area contributed by atoms with E-state index in [2.05, 4.69) is 24.5 Å². The van der Waals surface area contributed by atoms with Crippen LogP contribution in [0.1, 0.15) is 33.1 Å². The first-order valence-electron chi connectivity index (χ1n) is 5.30. The Bertz CT molecular complexity index is 181. The molecule has 2 saturated heterocycles. The van der Waals surface area contributed by atoms with E-state index in [0.29, 0.717) is 6.04 Å². The fourth-order valence-corrected chi connectivity index (χ4v) is 2.12. The molecule has 0 aromatic rings. The van der Waals surface area contributed by atoms with Gasteiger partial charge in [0, 0.05) is 11.6 Å². The molecule has 0 saturated carbocycles. The molecule has 14 heavy (non-hydrogen) atoms. The van der Waals surface area contributed by atoms with E-state index in [1.54, 1.807) is 0 Å². The van der Waals surface area contributed by atoms with Gasteiger partial charge in [-0.15, -0.1) is 12.4 Å². The monoisotopic (exact) mass is 220 g/mol. The Morgan fingerprint density at radius 3 is 2.57 bits per heavy atom. The molecule has 2 fully saturated rings. The number of hydrogen-bond acceptors (Lipinski definition) is 3. The molecule has 3 nitrogen and oxygen atoms in total. The summed E-state index contributed by atoms with van der Waals surface area (Å²) in [5.74, 6) is 0. The van der Waals surface area contributed by atoms with Crippen molar-refractivity contribution >= 4 is 12.4 Å². The number of halogens is 1. The first-order chi connectivity index (χ1) is 6.17. The minimum atomic E-state index is 0. The Labute approximate surface area is 92.4 Å². The van der Waals surface area contributed by atoms with Gasteiger partial charge in [0.25, 0.3) is 0 Å². The highest BCUT2D eigenvalue weighted by Gasteiger charge is 2.35. The number of nitrogens with one attached hydrogen (secondary N) is 2. The molecule has 2 heterocycles. The summed E-state index contributed by atoms with van der Waals surface area (Å²) in [6.07, 6.45) is 4.12. The molecular formula is C10H21ClN2O. The summed E-state index contributed by atoms with van der Waals surface area (Å²) in [7, 11) is 0. The van der Waals surface area contributed by atoms with E-state index in [9.17, 15) is 0 Å². The van der Waals surface area contributed by atoms with Crippen molar-refractivity contribution in [1.29, 1.82) is 0 Å². The topological polar surface area (TPSA) is 33.3 Å². The van der Waals surface area contributed by atoms with Gasteiger partial charge in [-0.3, -0.25) is 5.32 Å². The lowest BCUT2D eigenvalue weighted by molar-refractivity contribution is 0.0580. The highest BCUT2D eigenvalue weighted by molar-refractivity contribution is 5.85. The summed E-state index contributed by atoms with van der Waals surface area (Å²) in [4.78, 5) is 0. The lowest BCUT2D eigenvalue weighted by atomic mass is 10.0. The zero-order valence-electron chi connectivity index (χ0n) is 9.01. The normalized spacial score (nSPS) is 36.4. The summed E-state index contributed by atoms with van der Waals surface area (Å²) in [5, 5.41) is 7.03. The molecule has 4 heteroatoms. The van der Waals surface area contributed by atoms with E-state index in [1.165, 1.54) is 19.3 Å². The van der Waals surface area contributed by atoms with Gasteiger partial charge in [-0.2, -0.15) is 0 Å². The maximum absolute atomic E-state index is 5.73. The van der Waals surface area contributed by atoms with Gasteiger partial charge >= 0.3 is 0 Å². The van der Waals surface area contributed by atoms with E-state index in [1.807, 2.05) is 0 Å². The van der Waals surface area contributed by atoms with Crippen LogP contribution < -0.4 is 10.6 Å². The Morgan fingerprint density at radius 1 is 1.29 bits per heavy atom.